The first-order chi connectivity index (χ1) is 11.1. The van der Waals surface area contributed by atoms with Crippen LogP contribution in [0.2, 0.25) is 0 Å². The van der Waals surface area contributed by atoms with E-state index >= 15 is 0 Å². The fourth-order valence-corrected chi connectivity index (χ4v) is 3.95. The van der Waals surface area contributed by atoms with E-state index < -0.39 is 5.91 Å². The zero-order valence-corrected chi connectivity index (χ0v) is 13.5. The standard InChI is InChI=1S/C17H19N3O2S/c18-7-13-8-20(9-14(13)11-4-2-1-3-5-11)17(22)15-6-12(10-23-15)16(19)21/h1-6,10,13-14H,7-9,18H2,(H2,19,21)/t13-,14+/m1/s1. The van der Waals surface area contributed by atoms with Crippen molar-refractivity contribution in [2.45, 2.75) is 5.92 Å². The average molecular weight is 329 g/mol. The number of amides is 2. The first kappa shape index (κ1) is 15.7. The van der Waals surface area contributed by atoms with Gasteiger partial charge in [-0.25, -0.2) is 0 Å². The van der Waals surface area contributed by atoms with E-state index in [4.69, 9.17) is 11.5 Å². The third-order valence-corrected chi connectivity index (χ3v) is 5.27. The molecule has 0 radical (unpaired) electrons. The summed E-state index contributed by atoms with van der Waals surface area (Å²) in [6, 6.07) is 11.7. The number of thiophene rings is 1. The van der Waals surface area contributed by atoms with Gasteiger partial charge in [0.25, 0.3) is 5.91 Å². The summed E-state index contributed by atoms with van der Waals surface area (Å²) in [5.41, 5.74) is 12.8. The third kappa shape index (κ3) is 3.13. The molecule has 1 saturated heterocycles. The molecule has 3 rings (SSSR count). The zero-order valence-electron chi connectivity index (χ0n) is 12.6. The van der Waals surface area contributed by atoms with Crippen molar-refractivity contribution in [1.82, 2.24) is 4.90 Å². The number of rotatable bonds is 4. The summed E-state index contributed by atoms with van der Waals surface area (Å²) < 4.78 is 0. The van der Waals surface area contributed by atoms with Crippen LogP contribution in [0.5, 0.6) is 0 Å². The van der Waals surface area contributed by atoms with Gasteiger partial charge in [0.1, 0.15) is 0 Å². The molecular weight excluding hydrogens is 310 g/mol. The first-order valence-corrected chi connectivity index (χ1v) is 8.40. The molecule has 0 spiro atoms. The molecule has 0 unspecified atom stereocenters. The van der Waals surface area contributed by atoms with Gasteiger partial charge in [-0.2, -0.15) is 0 Å². The Balaban J connectivity index is 1.78. The number of benzene rings is 1. The Labute approximate surface area is 138 Å². The molecule has 2 amide bonds. The Hall–Kier alpha value is -2.18. The maximum absolute atomic E-state index is 12.7. The maximum Gasteiger partial charge on any atom is 0.263 e. The summed E-state index contributed by atoms with van der Waals surface area (Å²) in [6.07, 6.45) is 0. The Kier molecular flexibility index (Phi) is 4.45. The van der Waals surface area contributed by atoms with Gasteiger partial charge in [0.15, 0.2) is 0 Å². The van der Waals surface area contributed by atoms with Crippen LogP contribution >= 0.6 is 11.3 Å². The van der Waals surface area contributed by atoms with Crippen LogP contribution in [-0.2, 0) is 0 Å². The Morgan fingerprint density at radius 1 is 1.22 bits per heavy atom. The summed E-state index contributed by atoms with van der Waals surface area (Å²) in [6.45, 7) is 1.83. The first-order valence-electron chi connectivity index (χ1n) is 7.52. The quantitative estimate of drug-likeness (QED) is 0.894. The van der Waals surface area contributed by atoms with E-state index in [1.54, 1.807) is 11.4 Å². The van der Waals surface area contributed by atoms with E-state index in [-0.39, 0.29) is 17.7 Å². The van der Waals surface area contributed by atoms with Crippen LogP contribution in [0.3, 0.4) is 0 Å². The van der Waals surface area contributed by atoms with Crippen LogP contribution in [0.25, 0.3) is 0 Å². The number of likely N-dealkylation sites (tertiary alicyclic amines) is 1. The lowest BCUT2D eigenvalue weighted by atomic mass is 9.89. The summed E-state index contributed by atoms with van der Waals surface area (Å²) >= 11 is 1.26. The smallest absolute Gasteiger partial charge is 0.263 e. The van der Waals surface area contributed by atoms with Gasteiger partial charge >= 0.3 is 0 Å². The fraction of sp³-hybridized carbons (Fsp3) is 0.294. The Bertz CT molecular complexity index is 714. The van der Waals surface area contributed by atoms with Gasteiger partial charge in [-0.1, -0.05) is 30.3 Å². The molecule has 5 nitrogen and oxygen atoms in total. The Morgan fingerprint density at radius 2 is 1.96 bits per heavy atom. The summed E-state index contributed by atoms with van der Waals surface area (Å²) in [7, 11) is 0. The second-order valence-corrected chi connectivity index (χ2v) is 6.70. The predicted molar refractivity (Wildman–Crippen MR) is 90.5 cm³/mol. The van der Waals surface area contributed by atoms with Gasteiger partial charge in [0.2, 0.25) is 5.91 Å². The van der Waals surface area contributed by atoms with Gasteiger partial charge in [0.05, 0.1) is 10.4 Å². The normalized spacial score (nSPS) is 20.7. The van der Waals surface area contributed by atoms with Crippen LogP contribution in [-0.4, -0.2) is 36.3 Å². The minimum Gasteiger partial charge on any atom is -0.366 e. The molecule has 2 aromatic rings. The van der Waals surface area contributed by atoms with E-state index in [0.717, 1.165) is 0 Å². The van der Waals surface area contributed by atoms with Crippen LogP contribution in [0.4, 0.5) is 0 Å². The molecule has 23 heavy (non-hydrogen) atoms. The summed E-state index contributed by atoms with van der Waals surface area (Å²) in [4.78, 5) is 26.2. The van der Waals surface area contributed by atoms with E-state index in [0.29, 0.717) is 30.1 Å². The topological polar surface area (TPSA) is 89.4 Å². The second-order valence-electron chi connectivity index (χ2n) is 5.79. The summed E-state index contributed by atoms with van der Waals surface area (Å²) in [5.74, 6) is -0.0688. The Morgan fingerprint density at radius 3 is 2.57 bits per heavy atom. The van der Waals surface area contributed by atoms with Crippen LogP contribution in [0.15, 0.2) is 41.8 Å². The van der Waals surface area contributed by atoms with Crippen LogP contribution < -0.4 is 11.5 Å². The van der Waals surface area contributed by atoms with Gasteiger partial charge in [-0.05, 0) is 24.1 Å². The third-order valence-electron chi connectivity index (χ3n) is 4.35. The molecule has 2 heterocycles. The van der Waals surface area contributed by atoms with Gasteiger partial charge < -0.3 is 16.4 Å². The number of hydrogen-bond acceptors (Lipinski definition) is 4. The number of carbonyl (C=O) groups excluding carboxylic acids is 2. The van der Waals surface area contributed by atoms with Gasteiger partial charge in [0, 0.05) is 24.4 Å². The van der Waals surface area contributed by atoms with E-state index in [1.165, 1.54) is 16.9 Å². The predicted octanol–water partition coefficient (Wildman–Crippen LogP) is 1.66. The number of nitrogens with two attached hydrogens (primary N) is 2. The zero-order chi connectivity index (χ0) is 16.4. The SMILES string of the molecule is NC[C@@H]1CN(C(=O)c2cc(C(N)=O)cs2)C[C@H]1c1ccccc1. The minimum absolute atomic E-state index is 0.0561. The van der Waals surface area contributed by atoms with Crippen molar-refractivity contribution in [2.75, 3.05) is 19.6 Å². The number of primary amides is 1. The molecule has 2 atom stereocenters. The number of carbonyl (C=O) groups is 2. The minimum atomic E-state index is -0.510. The number of nitrogens with zero attached hydrogens (tertiary/aromatic N) is 1. The highest BCUT2D eigenvalue weighted by molar-refractivity contribution is 7.12. The maximum atomic E-state index is 12.7. The van der Waals surface area contributed by atoms with E-state index in [2.05, 4.69) is 12.1 Å². The van der Waals surface area contributed by atoms with Crippen molar-refractivity contribution < 1.29 is 9.59 Å². The van der Waals surface area contributed by atoms with Crippen molar-refractivity contribution in [3.63, 3.8) is 0 Å². The van der Waals surface area contributed by atoms with Crippen LogP contribution in [0.1, 0.15) is 31.5 Å². The lowest BCUT2D eigenvalue weighted by Crippen LogP contribution is -2.29. The molecule has 120 valence electrons. The molecule has 0 saturated carbocycles. The van der Waals surface area contributed by atoms with Crippen molar-refractivity contribution in [1.29, 1.82) is 0 Å². The van der Waals surface area contributed by atoms with Crippen molar-refractivity contribution >= 4 is 23.2 Å². The molecule has 0 aliphatic carbocycles. The molecular formula is C17H19N3O2S. The lowest BCUT2D eigenvalue weighted by Gasteiger charge is -2.16. The highest BCUT2D eigenvalue weighted by atomic mass is 32.1. The second kappa shape index (κ2) is 6.52. The molecule has 1 aliphatic rings. The molecule has 1 aliphatic heterocycles. The van der Waals surface area contributed by atoms with Crippen molar-refractivity contribution in [2.24, 2.45) is 17.4 Å². The average Bonchev–Trinajstić information content (AvgIpc) is 3.22. The molecule has 0 bridgehead atoms. The van der Waals surface area contributed by atoms with Crippen molar-refractivity contribution in [3.05, 3.63) is 57.8 Å². The molecule has 1 aromatic heterocycles. The molecule has 1 fully saturated rings. The highest BCUT2D eigenvalue weighted by Gasteiger charge is 2.36. The van der Waals surface area contributed by atoms with Crippen molar-refractivity contribution in [3.8, 4) is 0 Å². The lowest BCUT2D eigenvalue weighted by molar-refractivity contribution is 0.0791. The summed E-state index contributed by atoms with van der Waals surface area (Å²) in [5, 5.41) is 1.63. The largest absolute Gasteiger partial charge is 0.366 e. The fourth-order valence-electron chi connectivity index (χ4n) is 3.09. The molecule has 6 heteroatoms. The van der Waals surface area contributed by atoms with Gasteiger partial charge in [-0.15, -0.1) is 11.3 Å². The van der Waals surface area contributed by atoms with Gasteiger partial charge in [-0.3, -0.25) is 9.59 Å². The van der Waals surface area contributed by atoms with Crippen LogP contribution in [0, 0.1) is 5.92 Å². The molecule has 1 aromatic carbocycles. The molecule has 4 N–H and O–H groups in total. The highest BCUT2D eigenvalue weighted by Crippen LogP contribution is 2.33. The number of hydrogen-bond donors (Lipinski definition) is 2. The van der Waals surface area contributed by atoms with E-state index in [1.807, 2.05) is 23.1 Å². The monoisotopic (exact) mass is 329 g/mol. The van der Waals surface area contributed by atoms with E-state index in [9.17, 15) is 9.59 Å².